The van der Waals surface area contributed by atoms with Gasteiger partial charge in [0.2, 0.25) is 0 Å². The molecule has 2 aromatic heterocycles. The molecule has 4 rings (SSSR count). The summed E-state index contributed by atoms with van der Waals surface area (Å²) in [4.78, 5) is 14.7. The second kappa shape index (κ2) is 5.08. The van der Waals surface area contributed by atoms with Crippen molar-refractivity contribution < 1.29 is 4.79 Å². The van der Waals surface area contributed by atoms with E-state index in [1.165, 1.54) is 0 Å². The van der Waals surface area contributed by atoms with E-state index in [9.17, 15) is 4.79 Å². The summed E-state index contributed by atoms with van der Waals surface area (Å²) in [6.45, 7) is 0. The third-order valence-electron chi connectivity index (χ3n) is 4.71. The first-order valence-corrected chi connectivity index (χ1v) is 7.88. The third kappa shape index (κ3) is 2.20. The largest absolute Gasteiger partial charge is 0.331 e. The molecule has 0 aromatic carbocycles. The van der Waals surface area contributed by atoms with E-state index in [4.69, 9.17) is 11.6 Å². The van der Waals surface area contributed by atoms with Crippen LogP contribution in [0.4, 0.5) is 0 Å². The summed E-state index contributed by atoms with van der Waals surface area (Å²) < 4.78 is 3.51. The van der Waals surface area contributed by atoms with Gasteiger partial charge in [-0.15, -0.1) is 5.10 Å². The Hall–Kier alpha value is -1.89. The minimum absolute atomic E-state index is 0.00227. The zero-order chi connectivity index (χ0) is 15.3. The highest BCUT2D eigenvalue weighted by atomic mass is 35.5. The molecule has 2 aliphatic heterocycles. The van der Waals surface area contributed by atoms with Gasteiger partial charge in [0.15, 0.2) is 5.69 Å². The van der Waals surface area contributed by atoms with E-state index in [0.717, 1.165) is 25.7 Å². The summed E-state index contributed by atoms with van der Waals surface area (Å²) in [6, 6.07) is 0.818. The molecule has 2 aromatic rings. The van der Waals surface area contributed by atoms with Crippen LogP contribution in [0.5, 0.6) is 0 Å². The number of halogens is 1. The lowest BCUT2D eigenvalue weighted by atomic mass is 9.97. The van der Waals surface area contributed by atoms with Gasteiger partial charge in [-0.05, 0) is 25.7 Å². The van der Waals surface area contributed by atoms with Crippen LogP contribution in [-0.2, 0) is 7.05 Å². The van der Waals surface area contributed by atoms with Crippen LogP contribution in [0.15, 0.2) is 18.6 Å². The number of carbonyl (C=O) groups is 1. The fraction of sp³-hybridized carbons (Fsp3) is 0.571. The molecule has 0 N–H and O–H groups in total. The van der Waals surface area contributed by atoms with Crippen LogP contribution in [0.25, 0.3) is 0 Å². The minimum atomic E-state index is -0.00227. The maximum absolute atomic E-state index is 12.7. The summed E-state index contributed by atoms with van der Waals surface area (Å²) in [6.07, 6.45) is 9.14. The van der Waals surface area contributed by atoms with E-state index < -0.39 is 0 Å². The predicted octanol–water partition coefficient (Wildman–Crippen LogP) is 1.67. The SMILES string of the molecule is Cn1cc(C(=O)N2C3CCC2CC(n2cc(Cl)cn2)C3)nn1. The Morgan fingerprint density at radius 2 is 1.95 bits per heavy atom. The number of aromatic nitrogens is 5. The maximum atomic E-state index is 12.7. The molecule has 0 aliphatic carbocycles. The zero-order valence-electron chi connectivity index (χ0n) is 12.3. The Bertz CT molecular complexity index is 696. The fourth-order valence-corrected chi connectivity index (χ4v) is 3.93. The summed E-state index contributed by atoms with van der Waals surface area (Å²) in [5.41, 5.74) is 0.431. The van der Waals surface area contributed by atoms with Crippen LogP contribution in [0.3, 0.4) is 0 Å². The lowest BCUT2D eigenvalue weighted by Crippen LogP contribution is -2.47. The minimum Gasteiger partial charge on any atom is -0.331 e. The van der Waals surface area contributed by atoms with Crippen molar-refractivity contribution >= 4 is 17.5 Å². The van der Waals surface area contributed by atoms with E-state index in [-0.39, 0.29) is 18.0 Å². The van der Waals surface area contributed by atoms with Gasteiger partial charge in [0.1, 0.15) is 0 Å². The first-order chi connectivity index (χ1) is 10.6. The second-order valence-corrected chi connectivity index (χ2v) is 6.58. The van der Waals surface area contributed by atoms with Gasteiger partial charge in [-0.2, -0.15) is 5.10 Å². The molecule has 0 saturated carbocycles. The van der Waals surface area contributed by atoms with Crippen molar-refractivity contribution in [2.45, 2.75) is 43.8 Å². The summed E-state index contributed by atoms with van der Waals surface area (Å²) in [7, 11) is 1.77. The lowest BCUT2D eigenvalue weighted by molar-refractivity contribution is 0.0518. The standard InChI is InChI=1S/C14H17ClN6O/c1-19-8-13(17-18-19)14(22)21-10-2-3-11(21)5-12(4-10)20-7-9(15)6-16-20/h6-8,10-12H,2-5H2,1H3. The highest BCUT2D eigenvalue weighted by Crippen LogP contribution is 2.41. The van der Waals surface area contributed by atoms with E-state index >= 15 is 0 Å². The predicted molar refractivity (Wildman–Crippen MR) is 79.5 cm³/mol. The Morgan fingerprint density at radius 1 is 1.23 bits per heavy atom. The van der Waals surface area contributed by atoms with Crippen molar-refractivity contribution in [1.29, 1.82) is 0 Å². The van der Waals surface area contributed by atoms with Crippen LogP contribution >= 0.6 is 11.6 Å². The zero-order valence-corrected chi connectivity index (χ0v) is 13.0. The van der Waals surface area contributed by atoms with Crippen LogP contribution < -0.4 is 0 Å². The number of hydrogen-bond donors (Lipinski definition) is 0. The molecule has 2 saturated heterocycles. The smallest absolute Gasteiger partial charge is 0.276 e. The fourth-order valence-electron chi connectivity index (χ4n) is 3.79. The molecule has 2 aliphatic rings. The van der Waals surface area contributed by atoms with Crippen molar-refractivity contribution in [3.63, 3.8) is 0 Å². The van der Waals surface area contributed by atoms with Crippen molar-refractivity contribution in [3.05, 3.63) is 29.3 Å². The van der Waals surface area contributed by atoms with Crippen LogP contribution in [0.2, 0.25) is 5.02 Å². The van der Waals surface area contributed by atoms with E-state index in [0.29, 0.717) is 16.8 Å². The van der Waals surface area contributed by atoms with Crippen LogP contribution in [0.1, 0.15) is 42.2 Å². The summed E-state index contributed by atoms with van der Waals surface area (Å²) >= 11 is 5.96. The number of fused-ring (bicyclic) bond motifs is 2. The van der Waals surface area contributed by atoms with Gasteiger partial charge in [0.05, 0.1) is 23.5 Å². The number of amides is 1. The van der Waals surface area contributed by atoms with Gasteiger partial charge in [-0.3, -0.25) is 14.2 Å². The Kier molecular flexibility index (Phi) is 3.18. The Labute approximate surface area is 132 Å². The second-order valence-electron chi connectivity index (χ2n) is 6.14. The maximum Gasteiger partial charge on any atom is 0.276 e. The third-order valence-corrected chi connectivity index (χ3v) is 4.90. The first kappa shape index (κ1) is 13.8. The van der Waals surface area contributed by atoms with Crippen molar-refractivity contribution in [2.75, 3.05) is 0 Å². The molecule has 7 nitrogen and oxygen atoms in total. The van der Waals surface area contributed by atoms with Gasteiger partial charge in [0.25, 0.3) is 5.91 Å². The molecule has 2 unspecified atom stereocenters. The highest BCUT2D eigenvalue weighted by Gasteiger charge is 2.44. The molecular weight excluding hydrogens is 304 g/mol. The average molecular weight is 321 g/mol. The van der Waals surface area contributed by atoms with Gasteiger partial charge < -0.3 is 4.90 Å². The molecule has 2 atom stereocenters. The number of rotatable bonds is 2. The molecule has 0 spiro atoms. The summed E-state index contributed by atoms with van der Waals surface area (Å²) in [5.74, 6) is -0.00227. The van der Waals surface area contributed by atoms with Gasteiger partial charge in [-0.25, -0.2) is 0 Å². The topological polar surface area (TPSA) is 68.8 Å². The van der Waals surface area contributed by atoms with E-state index in [2.05, 4.69) is 15.4 Å². The lowest BCUT2D eigenvalue weighted by Gasteiger charge is -2.38. The van der Waals surface area contributed by atoms with Gasteiger partial charge in [-0.1, -0.05) is 16.8 Å². The number of piperidine rings is 1. The highest BCUT2D eigenvalue weighted by molar-refractivity contribution is 6.30. The van der Waals surface area contributed by atoms with Gasteiger partial charge in [0, 0.05) is 25.3 Å². The number of carbonyl (C=O) groups excluding carboxylic acids is 1. The van der Waals surface area contributed by atoms with Crippen LogP contribution in [0, 0.1) is 0 Å². The average Bonchev–Trinajstić information content (AvgIpc) is 3.17. The molecule has 116 valence electrons. The molecule has 8 heteroatoms. The Morgan fingerprint density at radius 3 is 2.50 bits per heavy atom. The van der Waals surface area contributed by atoms with E-state index in [1.54, 1.807) is 24.1 Å². The van der Waals surface area contributed by atoms with Crippen molar-refractivity contribution in [2.24, 2.45) is 7.05 Å². The molecule has 2 bridgehead atoms. The molecule has 0 radical (unpaired) electrons. The quantitative estimate of drug-likeness (QED) is 0.844. The van der Waals surface area contributed by atoms with Gasteiger partial charge >= 0.3 is 0 Å². The molecule has 22 heavy (non-hydrogen) atoms. The number of nitrogens with zero attached hydrogens (tertiary/aromatic N) is 6. The van der Waals surface area contributed by atoms with E-state index in [1.807, 2.05) is 15.8 Å². The molecular formula is C14H17ClN6O. The molecule has 1 amide bonds. The molecule has 2 fully saturated rings. The monoisotopic (exact) mass is 320 g/mol. The normalized spacial score (nSPS) is 27.4. The molecule has 4 heterocycles. The number of hydrogen-bond acceptors (Lipinski definition) is 4. The van der Waals surface area contributed by atoms with Crippen molar-refractivity contribution in [1.82, 2.24) is 29.7 Å². The number of aryl methyl sites for hydroxylation is 1. The first-order valence-electron chi connectivity index (χ1n) is 7.50. The summed E-state index contributed by atoms with van der Waals surface area (Å²) in [5, 5.41) is 12.8. The van der Waals surface area contributed by atoms with Crippen molar-refractivity contribution in [3.8, 4) is 0 Å². The van der Waals surface area contributed by atoms with Crippen LogP contribution in [-0.4, -0.2) is 47.7 Å². The Balaban J connectivity index is 1.55.